The quantitative estimate of drug-likeness (QED) is 0.546. The van der Waals surface area contributed by atoms with Gasteiger partial charge in [-0.1, -0.05) is 35.8 Å². The summed E-state index contributed by atoms with van der Waals surface area (Å²) in [7, 11) is 0. The first kappa shape index (κ1) is 20.7. The number of aliphatic imine (C=N–C) groups is 1. The second kappa shape index (κ2) is 10.5. The van der Waals surface area contributed by atoms with Crippen LogP contribution in [0.15, 0.2) is 39.8 Å². The van der Waals surface area contributed by atoms with E-state index in [0.29, 0.717) is 12.6 Å². The SMILES string of the molecule is CCNC(=NCc1cc(CC)no1)NC1CCN(Cc2ccc(Cl)cc2)CC1. The van der Waals surface area contributed by atoms with Crippen LogP contribution in [-0.2, 0) is 19.5 Å². The number of guanidine groups is 1. The maximum Gasteiger partial charge on any atom is 0.191 e. The van der Waals surface area contributed by atoms with Crippen molar-refractivity contribution in [3.05, 3.63) is 52.4 Å². The Balaban J connectivity index is 1.47. The van der Waals surface area contributed by atoms with Crippen molar-refractivity contribution in [2.45, 2.75) is 52.2 Å². The maximum absolute atomic E-state index is 5.97. The first-order valence-electron chi connectivity index (χ1n) is 10.1. The van der Waals surface area contributed by atoms with Gasteiger partial charge in [-0.25, -0.2) is 4.99 Å². The highest BCUT2D eigenvalue weighted by Gasteiger charge is 2.20. The molecule has 0 unspecified atom stereocenters. The van der Waals surface area contributed by atoms with Gasteiger partial charge >= 0.3 is 0 Å². The molecule has 1 aromatic carbocycles. The maximum atomic E-state index is 5.97. The minimum atomic E-state index is 0.431. The summed E-state index contributed by atoms with van der Waals surface area (Å²) in [4.78, 5) is 7.15. The first-order valence-corrected chi connectivity index (χ1v) is 10.5. The number of nitrogens with one attached hydrogen (secondary N) is 2. The van der Waals surface area contributed by atoms with Crippen molar-refractivity contribution in [2.24, 2.45) is 4.99 Å². The fourth-order valence-electron chi connectivity index (χ4n) is 3.35. The standard InChI is InChI=1S/C21H30ClN5O/c1-3-18-13-20(28-26-18)14-24-21(23-4-2)25-19-9-11-27(12-10-19)15-16-5-7-17(22)8-6-16/h5-8,13,19H,3-4,9-12,14-15H2,1-2H3,(H2,23,24,25). The highest BCUT2D eigenvalue weighted by atomic mass is 35.5. The van der Waals surface area contributed by atoms with Crippen LogP contribution >= 0.6 is 11.6 Å². The lowest BCUT2D eigenvalue weighted by molar-refractivity contribution is 0.198. The van der Waals surface area contributed by atoms with E-state index in [9.17, 15) is 0 Å². The number of aromatic nitrogens is 1. The zero-order chi connectivity index (χ0) is 19.8. The topological polar surface area (TPSA) is 65.7 Å². The molecule has 1 fully saturated rings. The van der Waals surface area contributed by atoms with Gasteiger partial charge in [-0.05, 0) is 43.9 Å². The summed E-state index contributed by atoms with van der Waals surface area (Å²) in [5, 5.41) is 11.7. The van der Waals surface area contributed by atoms with E-state index in [-0.39, 0.29) is 0 Å². The van der Waals surface area contributed by atoms with Gasteiger partial charge in [0.25, 0.3) is 0 Å². The fourth-order valence-corrected chi connectivity index (χ4v) is 3.48. The van der Waals surface area contributed by atoms with Crippen molar-refractivity contribution in [1.29, 1.82) is 0 Å². The number of piperidine rings is 1. The molecule has 1 aliphatic rings. The lowest BCUT2D eigenvalue weighted by atomic mass is 10.0. The molecule has 152 valence electrons. The lowest BCUT2D eigenvalue weighted by Crippen LogP contribution is -2.48. The number of rotatable bonds is 7. The van der Waals surface area contributed by atoms with Crippen molar-refractivity contribution >= 4 is 17.6 Å². The number of aryl methyl sites for hydroxylation is 1. The van der Waals surface area contributed by atoms with Crippen LogP contribution in [0.1, 0.15) is 43.7 Å². The molecule has 6 nitrogen and oxygen atoms in total. The van der Waals surface area contributed by atoms with Gasteiger partial charge in [0.1, 0.15) is 6.54 Å². The van der Waals surface area contributed by atoms with Crippen LogP contribution in [0.2, 0.25) is 5.02 Å². The van der Waals surface area contributed by atoms with Crippen LogP contribution in [0.4, 0.5) is 0 Å². The molecule has 0 atom stereocenters. The summed E-state index contributed by atoms with van der Waals surface area (Å²) >= 11 is 5.97. The van der Waals surface area contributed by atoms with Gasteiger partial charge in [0.05, 0.1) is 5.69 Å². The molecular weight excluding hydrogens is 374 g/mol. The predicted molar refractivity (Wildman–Crippen MR) is 114 cm³/mol. The molecule has 2 N–H and O–H groups in total. The molecular formula is C21H30ClN5O. The van der Waals surface area contributed by atoms with Crippen molar-refractivity contribution in [1.82, 2.24) is 20.7 Å². The summed E-state index contributed by atoms with van der Waals surface area (Å²) in [5.41, 5.74) is 2.28. The van der Waals surface area contributed by atoms with Crippen molar-refractivity contribution in [3.8, 4) is 0 Å². The van der Waals surface area contributed by atoms with Crippen LogP contribution in [0, 0.1) is 0 Å². The molecule has 0 aliphatic carbocycles. The van der Waals surface area contributed by atoms with Crippen LogP contribution in [0.5, 0.6) is 0 Å². The van der Waals surface area contributed by atoms with Crippen molar-refractivity contribution < 1.29 is 4.52 Å². The number of halogens is 1. The number of nitrogens with zero attached hydrogens (tertiary/aromatic N) is 3. The predicted octanol–water partition coefficient (Wildman–Crippen LogP) is 3.61. The fraction of sp³-hybridized carbons (Fsp3) is 0.524. The second-order valence-electron chi connectivity index (χ2n) is 7.15. The molecule has 7 heteroatoms. The Morgan fingerprint density at radius 1 is 1.25 bits per heavy atom. The average molecular weight is 404 g/mol. The van der Waals surface area contributed by atoms with Gasteiger partial charge in [-0.2, -0.15) is 0 Å². The zero-order valence-electron chi connectivity index (χ0n) is 16.7. The molecule has 2 heterocycles. The summed E-state index contributed by atoms with van der Waals surface area (Å²) < 4.78 is 5.32. The Morgan fingerprint density at radius 2 is 2.00 bits per heavy atom. The lowest BCUT2D eigenvalue weighted by Gasteiger charge is -2.33. The molecule has 0 radical (unpaired) electrons. The summed E-state index contributed by atoms with van der Waals surface area (Å²) in [6.07, 6.45) is 3.07. The highest BCUT2D eigenvalue weighted by Crippen LogP contribution is 2.16. The molecule has 1 saturated heterocycles. The van der Waals surface area contributed by atoms with Crippen LogP contribution < -0.4 is 10.6 Å². The van der Waals surface area contributed by atoms with Gasteiger partial charge < -0.3 is 15.2 Å². The normalized spacial score (nSPS) is 16.3. The van der Waals surface area contributed by atoms with E-state index >= 15 is 0 Å². The highest BCUT2D eigenvalue weighted by molar-refractivity contribution is 6.30. The minimum absolute atomic E-state index is 0.431. The molecule has 1 aromatic heterocycles. The summed E-state index contributed by atoms with van der Waals surface area (Å²) in [6.45, 7) is 8.59. The van der Waals surface area contributed by atoms with Crippen LogP contribution in [0.25, 0.3) is 0 Å². The Hall–Kier alpha value is -2.05. The zero-order valence-corrected chi connectivity index (χ0v) is 17.5. The molecule has 1 aliphatic heterocycles. The molecule has 0 bridgehead atoms. The van der Waals surface area contributed by atoms with Crippen molar-refractivity contribution in [3.63, 3.8) is 0 Å². The van der Waals surface area contributed by atoms with Crippen LogP contribution in [-0.4, -0.2) is 41.7 Å². The molecule has 28 heavy (non-hydrogen) atoms. The average Bonchev–Trinajstić information content (AvgIpc) is 3.18. The molecule has 3 rings (SSSR count). The van der Waals surface area contributed by atoms with Crippen LogP contribution in [0.3, 0.4) is 0 Å². The van der Waals surface area contributed by atoms with E-state index in [1.165, 1.54) is 5.56 Å². The number of likely N-dealkylation sites (tertiary alicyclic amines) is 1. The van der Waals surface area contributed by atoms with Gasteiger partial charge in [-0.15, -0.1) is 0 Å². The number of benzene rings is 1. The molecule has 0 spiro atoms. The Bertz CT molecular complexity index is 750. The molecule has 0 amide bonds. The molecule has 0 saturated carbocycles. The van der Waals surface area contributed by atoms with Gasteiger partial charge in [0.15, 0.2) is 11.7 Å². The first-order chi connectivity index (χ1) is 13.7. The Labute approximate surface area is 172 Å². The second-order valence-corrected chi connectivity index (χ2v) is 7.59. The Morgan fingerprint density at radius 3 is 2.64 bits per heavy atom. The van der Waals surface area contributed by atoms with E-state index in [2.05, 4.69) is 51.7 Å². The van der Waals surface area contributed by atoms with E-state index in [1.807, 2.05) is 18.2 Å². The third-order valence-electron chi connectivity index (χ3n) is 4.96. The van der Waals surface area contributed by atoms with E-state index in [1.54, 1.807) is 0 Å². The minimum Gasteiger partial charge on any atom is -0.359 e. The largest absolute Gasteiger partial charge is 0.359 e. The summed E-state index contributed by atoms with van der Waals surface area (Å²) in [6, 6.07) is 10.5. The van der Waals surface area contributed by atoms with E-state index in [4.69, 9.17) is 16.1 Å². The van der Waals surface area contributed by atoms with E-state index in [0.717, 1.165) is 67.9 Å². The third kappa shape index (κ3) is 6.24. The van der Waals surface area contributed by atoms with E-state index < -0.39 is 0 Å². The third-order valence-corrected chi connectivity index (χ3v) is 5.21. The van der Waals surface area contributed by atoms with Gasteiger partial charge in [-0.3, -0.25) is 4.90 Å². The number of hydrogen-bond acceptors (Lipinski definition) is 4. The van der Waals surface area contributed by atoms with Gasteiger partial charge in [0.2, 0.25) is 0 Å². The molecule has 2 aromatic rings. The Kier molecular flexibility index (Phi) is 7.74. The smallest absolute Gasteiger partial charge is 0.191 e. The van der Waals surface area contributed by atoms with Gasteiger partial charge in [0, 0.05) is 43.3 Å². The van der Waals surface area contributed by atoms with Crippen molar-refractivity contribution in [2.75, 3.05) is 19.6 Å². The monoisotopic (exact) mass is 403 g/mol. The summed E-state index contributed by atoms with van der Waals surface area (Å²) in [5.74, 6) is 1.64. The number of hydrogen-bond donors (Lipinski definition) is 2.